The molecule has 3 aromatic rings. The number of benzene rings is 2. The molecule has 0 aliphatic rings. The number of carbonyl (C=O) groups excluding carboxylic acids is 1. The average molecular weight is 382 g/mol. The van der Waals surface area contributed by atoms with Gasteiger partial charge in [0, 0.05) is 0 Å². The summed E-state index contributed by atoms with van der Waals surface area (Å²) in [5.74, 6) is -2.35. The third-order valence-corrected chi connectivity index (χ3v) is 4.77. The van der Waals surface area contributed by atoms with Crippen molar-refractivity contribution >= 4 is 16.9 Å². The summed E-state index contributed by atoms with van der Waals surface area (Å²) in [6, 6.07) is 11.8. The summed E-state index contributed by atoms with van der Waals surface area (Å²) in [7, 11) is 0. The minimum atomic E-state index is -1.02. The molecule has 144 valence electrons. The van der Waals surface area contributed by atoms with Crippen LogP contribution in [0, 0.1) is 23.0 Å². The molecule has 1 heterocycles. The van der Waals surface area contributed by atoms with E-state index in [1.165, 1.54) is 17.0 Å². The number of halogens is 2. The summed E-state index contributed by atoms with van der Waals surface area (Å²) in [5, 5.41) is 12.1. The van der Waals surface area contributed by atoms with Gasteiger partial charge in [-0.3, -0.25) is 4.79 Å². The van der Waals surface area contributed by atoms with Crippen LogP contribution < -0.4 is 5.32 Å². The Balaban J connectivity index is 1.72. The fourth-order valence-corrected chi connectivity index (χ4v) is 2.99. The monoisotopic (exact) mass is 382 g/mol. The lowest BCUT2D eigenvalue weighted by Crippen LogP contribution is -2.30. The van der Waals surface area contributed by atoms with E-state index in [1.54, 1.807) is 0 Å². The highest BCUT2D eigenvalue weighted by atomic mass is 19.2. The predicted molar refractivity (Wildman–Crippen MR) is 101 cm³/mol. The summed E-state index contributed by atoms with van der Waals surface area (Å²) in [6.07, 6.45) is 1.32. The van der Waals surface area contributed by atoms with Crippen molar-refractivity contribution < 1.29 is 13.6 Å². The Morgan fingerprint density at radius 2 is 1.93 bits per heavy atom. The van der Waals surface area contributed by atoms with Crippen molar-refractivity contribution in [2.75, 3.05) is 0 Å². The molecule has 0 fully saturated rings. The molecule has 0 spiro atoms. The number of nitrogens with zero attached hydrogens (tertiary/aromatic N) is 3. The van der Waals surface area contributed by atoms with E-state index in [9.17, 15) is 18.8 Å². The van der Waals surface area contributed by atoms with Gasteiger partial charge in [-0.1, -0.05) is 24.3 Å². The highest BCUT2D eigenvalue weighted by Crippen LogP contribution is 2.24. The van der Waals surface area contributed by atoms with Gasteiger partial charge in [-0.05, 0) is 44.0 Å². The molecule has 0 bridgehead atoms. The molecule has 28 heavy (non-hydrogen) atoms. The number of nitrogens with one attached hydrogen (secondary N) is 1. The van der Waals surface area contributed by atoms with Crippen LogP contribution in [0.25, 0.3) is 11.0 Å². The molecule has 5 nitrogen and oxygen atoms in total. The van der Waals surface area contributed by atoms with E-state index < -0.39 is 17.0 Å². The number of hydrogen-bond donors (Lipinski definition) is 1. The number of amides is 1. The van der Waals surface area contributed by atoms with E-state index in [0.717, 1.165) is 17.2 Å². The first-order valence-corrected chi connectivity index (χ1v) is 8.83. The number of imidazole rings is 1. The summed E-state index contributed by atoms with van der Waals surface area (Å²) >= 11 is 0. The molecule has 0 aliphatic carbocycles. The van der Waals surface area contributed by atoms with Crippen LogP contribution in [-0.2, 0) is 16.8 Å². The van der Waals surface area contributed by atoms with E-state index >= 15 is 0 Å². The number of nitriles is 1. The number of fused-ring (bicyclic) bond motifs is 1. The highest BCUT2D eigenvalue weighted by molar-refractivity contribution is 5.81. The molecule has 0 saturated carbocycles. The normalized spacial score (nSPS) is 12.6. The van der Waals surface area contributed by atoms with Crippen molar-refractivity contribution in [3.8, 4) is 6.07 Å². The molecule has 0 radical (unpaired) electrons. The van der Waals surface area contributed by atoms with E-state index in [4.69, 9.17) is 0 Å². The second-order valence-electron chi connectivity index (χ2n) is 7.25. The van der Waals surface area contributed by atoms with Gasteiger partial charge in [0.15, 0.2) is 11.6 Å². The van der Waals surface area contributed by atoms with Gasteiger partial charge in [0.2, 0.25) is 5.91 Å². The Kier molecular flexibility index (Phi) is 5.14. The molecule has 7 heteroatoms. The lowest BCUT2D eigenvalue weighted by molar-refractivity contribution is -0.122. The van der Waals surface area contributed by atoms with E-state index in [0.29, 0.717) is 0 Å². The van der Waals surface area contributed by atoms with Crippen molar-refractivity contribution in [2.24, 2.45) is 0 Å². The maximum atomic E-state index is 14.0. The van der Waals surface area contributed by atoms with Crippen LogP contribution >= 0.6 is 0 Å². The lowest BCUT2D eigenvalue weighted by Gasteiger charge is -2.19. The maximum absolute atomic E-state index is 14.0. The molecule has 2 aromatic carbocycles. The zero-order chi connectivity index (χ0) is 20.5. The van der Waals surface area contributed by atoms with Crippen LogP contribution in [0.15, 0.2) is 42.7 Å². The minimum Gasteiger partial charge on any atom is -0.348 e. The van der Waals surface area contributed by atoms with Crippen LogP contribution in [-0.4, -0.2) is 15.5 Å². The second kappa shape index (κ2) is 7.39. The number of rotatable bonds is 5. The lowest BCUT2D eigenvalue weighted by atomic mass is 9.85. The molecule has 0 unspecified atom stereocenters. The molecule has 3 rings (SSSR count). The van der Waals surface area contributed by atoms with Crippen LogP contribution in [0.1, 0.15) is 37.9 Å². The number of aromatic nitrogens is 2. The Morgan fingerprint density at radius 3 is 2.57 bits per heavy atom. The van der Waals surface area contributed by atoms with Crippen molar-refractivity contribution in [1.29, 1.82) is 5.26 Å². The third-order valence-electron chi connectivity index (χ3n) is 4.77. The van der Waals surface area contributed by atoms with Crippen molar-refractivity contribution in [3.63, 3.8) is 0 Å². The van der Waals surface area contributed by atoms with E-state index in [1.807, 2.05) is 45.0 Å². The van der Waals surface area contributed by atoms with Crippen LogP contribution in [0.3, 0.4) is 0 Å². The summed E-state index contributed by atoms with van der Waals surface area (Å²) in [6.45, 7) is 5.32. The van der Waals surface area contributed by atoms with Crippen LogP contribution in [0.2, 0.25) is 0 Å². The zero-order valence-electron chi connectivity index (χ0n) is 15.8. The first-order valence-electron chi connectivity index (χ1n) is 8.83. The fraction of sp³-hybridized carbons (Fsp3) is 0.286. The van der Waals surface area contributed by atoms with Crippen molar-refractivity contribution in [3.05, 3.63) is 65.5 Å². The Labute approximate surface area is 161 Å². The molecular formula is C21H20F2N4O. The highest BCUT2D eigenvalue weighted by Gasteiger charge is 2.20. The molecule has 1 N–H and O–H groups in total. The van der Waals surface area contributed by atoms with Crippen molar-refractivity contribution in [1.82, 2.24) is 14.9 Å². The zero-order valence-corrected chi connectivity index (χ0v) is 15.8. The molecule has 1 atom stereocenters. The van der Waals surface area contributed by atoms with Gasteiger partial charge in [0.1, 0.15) is 12.1 Å². The van der Waals surface area contributed by atoms with Gasteiger partial charge >= 0.3 is 0 Å². The molecule has 1 amide bonds. The summed E-state index contributed by atoms with van der Waals surface area (Å²) in [4.78, 5) is 16.4. The quantitative estimate of drug-likeness (QED) is 0.725. The van der Waals surface area contributed by atoms with Gasteiger partial charge in [-0.15, -0.1) is 0 Å². The van der Waals surface area contributed by atoms with Gasteiger partial charge in [0.25, 0.3) is 0 Å². The SMILES string of the molecule is C[C@@H](NC(=O)Cn1cnc2ccc(F)c(F)c21)c1ccc(C(C)(C)C#N)cc1. The maximum Gasteiger partial charge on any atom is 0.240 e. The largest absolute Gasteiger partial charge is 0.348 e. The average Bonchev–Trinajstić information content (AvgIpc) is 3.08. The molecule has 1 aromatic heterocycles. The van der Waals surface area contributed by atoms with E-state index in [-0.39, 0.29) is 29.5 Å². The summed E-state index contributed by atoms with van der Waals surface area (Å²) in [5.41, 5.74) is 1.42. The molecule has 0 saturated heterocycles. The Morgan fingerprint density at radius 1 is 1.25 bits per heavy atom. The molecule has 0 aliphatic heterocycles. The number of hydrogen-bond acceptors (Lipinski definition) is 3. The van der Waals surface area contributed by atoms with Gasteiger partial charge < -0.3 is 9.88 Å². The summed E-state index contributed by atoms with van der Waals surface area (Å²) < 4.78 is 28.8. The third kappa shape index (κ3) is 3.72. The second-order valence-corrected chi connectivity index (χ2v) is 7.25. The number of carbonyl (C=O) groups is 1. The molecular weight excluding hydrogens is 362 g/mol. The minimum absolute atomic E-state index is 0.0362. The first kappa shape index (κ1) is 19.5. The Bertz CT molecular complexity index is 1060. The van der Waals surface area contributed by atoms with Crippen molar-refractivity contribution in [2.45, 2.75) is 38.8 Å². The first-order chi connectivity index (χ1) is 13.2. The van der Waals surface area contributed by atoms with Gasteiger partial charge in [-0.2, -0.15) is 5.26 Å². The van der Waals surface area contributed by atoms with Crippen LogP contribution in [0.4, 0.5) is 8.78 Å². The predicted octanol–water partition coefficient (Wildman–Crippen LogP) is 3.99. The van der Waals surface area contributed by atoms with Crippen LogP contribution in [0.5, 0.6) is 0 Å². The Hall–Kier alpha value is -3.27. The van der Waals surface area contributed by atoms with Gasteiger partial charge in [0.05, 0.1) is 29.4 Å². The standard InChI is InChI=1S/C21H20F2N4O/c1-13(14-4-6-15(7-5-14)21(2,3)11-24)26-18(28)10-27-12-25-17-9-8-16(22)19(23)20(17)27/h4-9,12-13H,10H2,1-3H3,(H,26,28)/t13-/m1/s1. The van der Waals surface area contributed by atoms with Gasteiger partial charge in [-0.25, -0.2) is 13.8 Å². The fourth-order valence-electron chi connectivity index (χ4n) is 2.99. The topological polar surface area (TPSA) is 70.7 Å². The smallest absolute Gasteiger partial charge is 0.240 e. The van der Waals surface area contributed by atoms with E-state index in [2.05, 4.69) is 16.4 Å².